The second-order valence-corrected chi connectivity index (χ2v) is 7.26. The zero-order chi connectivity index (χ0) is 18.8. The Labute approximate surface area is 158 Å². The van der Waals surface area contributed by atoms with Crippen LogP contribution in [-0.4, -0.2) is 22.7 Å². The zero-order valence-corrected chi connectivity index (χ0v) is 16.8. The molecular weight excluding hydrogens is 340 g/mol. The highest BCUT2D eigenvalue weighted by Crippen LogP contribution is 2.42. The molecule has 0 N–H and O–H groups in total. The third-order valence-corrected chi connectivity index (χ3v) is 6.05. The molecule has 0 atom stereocenters. The van der Waals surface area contributed by atoms with Crippen LogP contribution in [0.15, 0.2) is 86.0 Å². The third-order valence-electron chi connectivity index (χ3n) is 4.27. The van der Waals surface area contributed by atoms with Crippen molar-refractivity contribution >= 4 is 9.53 Å². The molecule has 0 aliphatic carbocycles. The molecule has 0 spiro atoms. The predicted octanol–water partition coefficient (Wildman–Crippen LogP) is 4.73. The van der Waals surface area contributed by atoms with E-state index in [0.29, 0.717) is 13.2 Å². The maximum Gasteiger partial charge on any atom is 0.485 e. The van der Waals surface area contributed by atoms with Gasteiger partial charge in [-0.2, -0.15) is 0 Å². The molecular formula is C22H28O3Si. The molecule has 0 bridgehead atoms. The second-order valence-electron chi connectivity index (χ2n) is 5.78. The maximum absolute atomic E-state index is 6.69. The lowest BCUT2D eigenvalue weighted by Crippen LogP contribution is -2.45. The standard InChI is InChI=1S/C22H28O3Si/c1-5-19(6-2)22(20-15-11-9-12-16-20,21-17-13-10-14-18-21)25-26(23-7-3)24-8-4/h5-6,9-19,26H,1-2,7-8H2,3-4H3. The maximum atomic E-state index is 6.69. The fraction of sp³-hybridized carbons (Fsp3) is 0.273. The topological polar surface area (TPSA) is 27.7 Å². The summed E-state index contributed by atoms with van der Waals surface area (Å²) in [5.41, 5.74) is 1.24. The Balaban J connectivity index is 2.67. The summed E-state index contributed by atoms with van der Waals surface area (Å²) in [7, 11) is -2.38. The van der Waals surface area contributed by atoms with Gasteiger partial charge in [0.15, 0.2) is 0 Å². The van der Waals surface area contributed by atoms with Crippen molar-refractivity contribution in [3.8, 4) is 0 Å². The van der Waals surface area contributed by atoms with E-state index in [-0.39, 0.29) is 5.92 Å². The van der Waals surface area contributed by atoms with E-state index in [1.165, 1.54) is 0 Å². The average molecular weight is 369 g/mol. The van der Waals surface area contributed by atoms with E-state index in [1.807, 2.05) is 62.4 Å². The first-order valence-corrected chi connectivity index (χ1v) is 10.4. The van der Waals surface area contributed by atoms with Gasteiger partial charge >= 0.3 is 9.53 Å². The molecule has 0 aromatic heterocycles. The van der Waals surface area contributed by atoms with Crippen molar-refractivity contribution < 1.29 is 13.3 Å². The highest BCUT2D eigenvalue weighted by atomic mass is 28.3. The van der Waals surface area contributed by atoms with Crippen LogP contribution in [-0.2, 0) is 18.9 Å². The predicted molar refractivity (Wildman–Crippen MR) is 109 cm³/mol. The van der Waals surface area contributed by atoms with E-state index >= 15 is 0 Å². The summed E-state index contributed by atoms with van der Waals surface area (Å²) in [6, 6.07) is 20.3. The van der Waals surface area contributed by atoms with Crippen molar-refractivity contribution in [3.63, 3.8) is 0 Å². The number of hydrogen-bond acceptors (Lipinski definition) is 3. The summed E-state index contributed by atoms with van der Waals surface area (Å²) in [5.74, 6) is -0.150. The van der Waals surface area contributed by atoms with Gasteiger partial charge < -0.3 is 13.3 Å². The Morgan fingerprint density at radius 1 is 0.846 bits per heavy atom. The SMILES string of the molecule is C=CC(C=C)C(O[SiH](OCC)OCC)(c1ccccc1)c1ccccc1. The van der Waals surface area contributed by atoms with Gasteiger partial charge in [-0.15, -0.1) is 13.2 Å². The Bertz CT molecular complexity index is 619. The first-order chi connectivity index (χ1) is 12.7. The van der Waals surface area contributed by atoms with E-state index in [0.717, 1.165) is 11.1 Å². The molecule has 0 saturated carbocycles. The molecule has 0 amide bonds. The van der Waals surface area contributed by atoms with Crippen molar-refractivity contribution in [2.45, 2.75) is 19.4 Å². The van der Waals surface area contributed by atoms with Crippen LogP contribution in [0.4, 0.5) is 0 Å². The van der Waals surface area contributed by atoms with Gasteiger partial charge in [-0.25, -0.2) is 0 Å². The minimum Gasteiger partial charge on any atom is -0.376 e. The van der Waals surface area contributed by atoms with Crippen molar-refractivity contribution in [3.05, 3.63) is 97.1 Å². The van der Waals surface area contributed by atoms with Gasteiger partial charge in [0, 0.05) is 19.1 Å². The quantitative estimate of drug-likeness (QED) is 0.424. The van der Waals surface area contributed by atoms with Crippen molar-refractivity contribution in [1.82, 2.24) is 0 Å². The molecule has 0 saturated heterocycles. The third kappa shape index (κ3) is 4.40. The van der Waals surface area contributed by atoms with Crippen LogP contribution in [0.5, 0.6) is 0 Å². The van der Waals surface area contributed by atoms with Crippen LogP contribution in [0.2, 0.25) is 0 Å². The van der Waals surface area contributed by atoms with Gasteiger partial charge in [-0.3, -0.25) is 0 Å². The summed E-state index contributed by atoms with van der Waals surface area (Å²) in [6.07, 6.45) is 3.74. The second kappa shape index (κ2) is 10.2. The molecule has 2 rings (SSSR count). The summed E-state index contributed by atoms with van der Waals surface area (Å²) in [4.78, 5) is 0. The molecule has 26 heavy (non-hydrogen) atoms. The Kier molecular flexibility index (Phi) is 8.00. The van der Waals surface area contributed by atoms with E-state index in [4.69, 9.17) is 13.3 Å². The molecule has 2 aromatic carbocycles. The molecule has 3 nitrogen and oxygen atoms in total. The first kappa shape index (κ1) is 20.3. The molecule has 138 valence electrons. The molecule has 4 heteroatoms. The summed E-state index contributed by atoms with van der Waals surface area (Å²) in [6.45, 7) is 13.1. The largest absolute Gasteiger partial charge is 0.485 e. The lowest BCUT2D eigenvalue weighted by Gasteiger charge is -2.41. The fourth-order valence-corrected chi connectivity index (χ4v) is 4.62. The smallest absolute Gasteiger partial charge is 0.376 e. The van der Waals surface area contributed by atoms with Crippen molar-refractivity contribution in [2.75, 3.05) is 13.2 Å². The molecule has 0 aliphatic rings. The van der Waals surface area contributed by atoms with Gasteiger partial charge in [0.1, 0.15) is 5.60 Å². The molecule has 0 fully saturated rings. The fourth-order valence-electron chi connectivity index (χ4n) is 3.11. The number of rotatable bonds is 11. The van der Waals surface area contributed by atoms with Crippen LogP contribution >= 0.6 is 0 Å². The van der Waals surface area contributed by atoms with Crippen LogP contribution in [0.3, 0.4) is 0 Å². The number of hydrogen-bond donors (Lipinski definition) is 0. The lowest BCUT2D eigenvalue weighted by atomic mass is 9.76. The minimum absolute atomic E-state index is 0.150. The zero-order valence-electron chi connectivity index (χ0n) is 15.6. The van der Waals surface area contributed by atoms with Gasteiger partial charge in [0.05, 0.1) is 0 Å². The van der Waals surface area contributed by atoms with Crippen molar-refractivity contribution in [1.29, 1.82) is 0 Å². The Morgan fingerprint density at radius 2 is 1.27 bits per heavy atom. The van der Waals surface area contributed by atoms with Crippen LogP contribution in [0.25, 0.3) is 0 Å². The highest BCUT2D eigenvalue weighted by Gasteiger charge is 2.43. The van der Waals surface area contributed by atoms with Gasteiger partial charge in [0.2, 0.25) is 0 Å². The normalized spacial score (nSPS) is 11.7. The highest BCUT2D eigenvalue weighted by molar-refractivity contribution is 6.36. The van der Waals surface area contributed by atoms with Crippen LogP contribution < -0.4 is 0 Å². The van der Waals surface area contributed by atoms with Gasteiger partial charge in [-0.05, 0) is 25.0 Å². The van der Waals surface area contributed by atoms with Gasteiger partial charge in [-0.1, -0.05) is 72.8 Å². The molecule has 2 aromatic rings. The molecule has 0 aliphatic heterocycles. The van der Waals surface area contributed by atoms with E-state index in [9.17, 15) is 0 Å². The van der Waals surface area contributed by atoms with Crippen LogP contribution in [0.1, 0.15) is 25.0 Å². The van der Waals surface area contributed by atoms with Crippen LogP contribution in [0, 0.1) is 5.92 Å². The Morgan fingerprint density at radius 3 is 1.62 bits per heavy atom. The average Bonchev–Trinajstić information content (AvgIpc) is 2.69. The van der Waals surface area contributed by atoms with E-state index in [1.54, 1.807) is 0 Å². The molecule has 0 heterocycles. The van der Waals surface area contributed by atoms with Crippen molar-refractivity contribution in [2.24, 2.45) is 5.92 Å². The Hall–Kier alpha value is -1.98. The summed E-state index contributed by atoms with van der Waals surface area (Å²) < 4.78 is 18.4. The monoisotopic (exact) mass is 368 g/mol. The summed E-state index contributed by atoms with van der Waals surface area (Å²) in [5, 5.41) is 0. The van der Waals surface area contributed by atoms with E-state index in [2.05, 4.69) is 37.4 Å². The number of benzene rings is 2. The van der Waals surface area contributed by atoms with E-state index < -0.39 is 15.1 Å². The molecule has 0 radical (unpaired) electrons. The molecule has 0 unspecified atom stereocenters. The summed E-state index contributed by atoms with van der Waals surface area (Å²) >= 11 is 0. The minimum atomic E-state index is -2.38. The first-order valence-electron chi connectivity index (χ1n) is 9.00. The lowest BCUT2D eigenvalue weighted by molar-refractivity contribution is -0.000350. The van der Waals surface area contributed by atoms with Gasteiger partial charge in [0.25, 0.3) is 0 Å².